The SMILES string of the molecule is O=C(O)c1cc(C(=O)O)c(C(=O)O)c(C(=O)O)c1. The van der Waals surface area contributed by atoms with E-state index in [4.69, 9.17) is 20.4 Å². The van der Waals surface area contributed by atoms with E-state index in [0.717, 1.165) is 0 Å². The first-order valence-corrected chi connectivity index (χ1v) is 4.37. The normalized spacial score (nSPS) is 9.78. The minimum atomic E-state index is -1.76. The van der Waals surface area contributed by atoms with E-state index in [1.54, 1.807) is 0 Å². The van der Waals surface area contributed by atoms with Crippen LogP contribution in [0.25, 0.3) is 0 Å². The van der Waals surface area contributed by atoms with Crippen molar-refractivity contribution >= 4 is 23.9 Å². The second kappa shape index (κ2) is 4.53. The first-order chi connectivity index (χ1) is 8.25. The number of carboxylic acids is 4. The van der Waals surface area contributed by atoms with Crippen LogP contribution in [0.3, 0.4) is 0 Å². The summed E-state index contributed by atoms with van der Waals surface area (Å²) in [5, 5.41) is 35.0. The Balaban J connectivity index is 3.76. The molecule has 0 aliphatic heterocycles. The molecule has 0 atom stereocenters. The molecule has 18 heavy (non-hydrogen) atoms. The summed E-state index contributed by atoms with van der Waals surface area (Å²) in [6, 6.07) is 1.20. The van der Waals surface area contributed by atoms with Crippen molar-refractivity contribution in [2.75, 3.05) is 0 Å². The van der Waals surface area contributed by atoms with E-state index in [0.29, 0.717) is 12.1 Å². The molecule has 8 nitrogen and oxygen atoms in total. The van der Waals surface area contributed by atoms with E-state index in [2.05, 4.69) is 0 Å². The third kappa shape index (κ3) is 2.26. The van der Waals surface area contributed by atoms with Crippen molar-refractivity contribution in [2.24, 2.45) is 0 Å². The monoisotopic (exact) mass is 254 g/mol. The van der Waals surface area contributed by atoms with Gasteiger partial charge in [0.1, 0.15) is 0 Å². The number of carbonyl (C=O) groups is 4. The van der Waals surface area contributed by atoms with Crippen LogP contribution in [0.1, 0.15) is 41.4 Å². The molecule has 1 aromatic carbocycles. The molecule has 0 amide bonds. The Morgan fingerprint density at radius 1 is 0.667 bits per heavy atom. The van der Waals surface area contributed by atoms with Crippen molar-refractivity contribution in [3.63, 3.8) is 0 Å². The first-order valence-electron chi connectivity index (χ1n) is 4.37. The van der Waals surface area contributed by atoms with Gasteiger partial charge in [-0.25, -0.2) is 19.2 Å². The molecule has 0 saturated carbocycles. The summed E-state index contributed by atoms with van der Waals surface area (Å²) in [4.78, 5) is 43.2. The minimum Gasteiger partial charge on any atom is -0.478 e. The third-order valence-corrected chi connectivity index (χ3v) is 2.06. The van der Waals surface area contributed by atoms with Gasteiger partial charge >= 0.3 is 23.9 Å². The Morgan fingerprint density at radius 2 is 1.06 bits per heavy atom. The Hall–Kier alpha value is -2.90. The van der Waals surface area contributed by atoms with Gasteiger partial charge in [0.15, 0.2) is 0 Å². The van der Waals surface area contributed by atoms with Gasteiger partial charge in [0, 0.05) is 0 Å². The topological polar surface area (TPSA) is 149 Å². The lowest BCUT2D eigenvalue weighted by molar-refractivity contribution is 0.0631. The van der Waals surface area contributed by atoms with Gasteiger partial charge in [-0.15, -0.1) is 0 Å². The van der Waals surface area contributed by atoms with Crippen LogP contribution in [0.15, 0.2) is 12.1 Å². The maximum atomic E-state index is 10.9. The number of benzene rings is 1. The fourth-order valence-corrected chi connectivity index (χ4v) is 1.33. The van der Waals surface area contributed by atoms with Gasteiger partial charge in [0.05, 0.1) is 22.3 Å². The van der Waals surface area contributed by atoms with Gasteiger partial charge in [0.25, 0.3) is 0 Å². The maximum absolute atomic E-state index is 10.9. The molecule has 8 heteroatoms. The summed E-state index contributed by atoms with van der Waals surface area (Å²) >= 11 is 0. The van der Waals surface area contributed by atoms with Crippen molar-refractivity contribution in [1.82, 2.24) is 0 Å². The molecule has 0 heterocycles. The predicted molar refractivity (Wildman–Crippen MR) is 54.3 cm³/mol. The largest absolute Gasteiger partial charge is 0.478 e. The van der Waals surface area contributed by atoms with Crippen molar-refractivity contribution in [3.8, 4) is 0 Å². The highest BCUT2D eigenvalue weighted by molar-refractivity contribution is 6.10. The van der Waals surface area contributed by atoms with E-state index in [-0.39, 0.29) is 0 Å². The number of hydrogen-bond acceptors (Lipinski definition) is 4. The summed E-state index contributed by atoms with van der Waals surface area (Å²) in [6.07, 6.45) is 0. The molecule has 0 aliphatic carbocycles. The Labute approximate surface area is 98.7 Å². The molecule has 0 radical (unpaired) electrons. The molecule has 4 N–H and O–H groups in total. The molecule has 0 aromatic heterocycles. The smallest absolute Gasteiger partial charge is 0.337 e. The molecule has 0 bridgehead atoms. The van der Waals surface area contributed by atoms with Crippen LogP contribution in [0, 0.1) is 0 Å². The van der Waals surface area contributed by atoms with Gasteiger partial charge in [-0.3, -0.25) is 0 Å². The third-order valence-electron chi connectivity index (χ3n) is 2.06. The molecular weight excluding hydrogens is 248 g/mol. The lowest BCUT2D eigenvalue weighted by Crippen LogP contribution is -2.16. The Bertz CT molecular complexity index is 536. The number of rotatable bonds is 4. The van der Waals surface area contributed by atoms with Crippen LogP contribution >= 0.6 is 0 Å². The quantitative estimate of drug-likeness (QED) is 0.605. The molecule has 1 rings (SSSR count). The zero-order valence-corrected chi connectivity index (χ0v) is 8.58. The average Bonchev–Trinajstić information content (AvgIpc) is 2.26. The standard InChI is InChI=1S/C10H6O8/c11-7(12)3-1-4(8(13)14)6(10(17)18)5(2-3)9(15)16/h1-2H,(H,11,12)(H,13,14)(H,15,16)(H,17,18). The molecular formula is C10H6O8. The lowest BCUT2D eigenvalue weighted by atomic mass is 9.97. The second-order valence-corrected chi connectivity index (χ2v) is 3.17. The van der Waals surface area contributed by atoms with Crippen LogP contribution in [-0.4, -0.2) is 44.3 Å². The molecule has 0 unspecified atom stereocenters. The molecule has 94 valence electrons. The van der Waals surface area contributed by atoms with Gasteiger partial charge in [-0.05, 0) is 12.1 Å². The molecule has 0 aliphatic rings. The summed E-state index contributed by atoms with van der Waals surface area (Å²) in [6.45, 7) is 0. The van der Waals surface area contributed by atoms with E-state index in [1.165, 1.54) is 0 Å². The number of aromatic carboxylic acids is 4. The molecule has 0 fully saturated rings. The molecule has 1 aromatic rings. The minimum absolute atomic E-state index is 0.598. The van der Waals surface area contributed by atoms with Gasteiger partial charge in [-0.1, -0.05) is 0 Å². The van der Waals surface area contributed by atoms with Crippen LogP contribution in [0.2, 0.25) is 0 Å². The Kier molecular flexibility index (Phi) is 3.32. The van der Waals surface area contributed by atoms with Gasteiger partial charge in [-0.2, -0.15) is 0 Å². The molecule has 0 saturated heterocycles. The van der Waals surface area contributed by atoms with E-state index >= 15 is 0 Å². The first kappa shape index (κ1) is 13.2. The zero-order chi connectivity index (χ0) is 14.0. The highest BCUT2D eigenvalue weighted by Gasteiger charge is 2.26. The summed E-state index contributed by atoms with van der Waals surface area (Å²) in [7, 11) is 0. The zero-order valence-electron chi connectivity index (χ0n) is 8.58. The van der Waals surface area contributed by atoms with E-state index in [1.807, 2.05) is 0 Å². The van der Waals surface area contributed by atoms with Crippen LogP contribution < -0.4 is 0 Å². The summed E-state index contributed by atoms with van der Waals surface area (Å²) in [5.74, 6) is -6.77. The lowest BCUT2D eigenvalue weighted by Gasteiger charge is -2.07. The fraction of sp³-hybridized carbons (Fsp3) is 0. The number of carboxylic acid groups (broad SMARTS) is 4. The molecule has 0 spiro atoms. The van der Waals surface area contributed by atoms with Crippen molar-refractivity contribution < 1.29 is 39.6 Å². The summed E-state index contributed by atoms with van der Waals surface area (Å²) < 4.78 is 0. The Morgan fingerprint density at radius 3 is 1.28 bits per heavy atom. The highest BCUT2D eigenvalue weighted by atomic mass is 16.4. The van der Waals surface area contributed by atoms with Gasteiger partial charge in [0.2, 0.25) is 0 Å². The van der Waals surface area contributed by atoms with Crippen molar-refractivity contribution in [3.05, 3.63) is 34.4 Å². The van der Waals surface area contributed by atoms with Gasteiger partial charge < -0.3 is 20.4 Å². The number of hydrogen-bond donors (Lipinski definition) is 4. The maximum Gasteiger partial charge on any atom is 0.337 e. The highest BCUT2D eigenvalue weighted by Crippen LogP contribution is 2.19. The second-order valence-electron chi connectivity index (χ2n) is 3.17. The van der Waals surface area contributed by atoms with E-state index < -0.39 is 46.1 Å². The van der Waals surface area contributed by atoms with Crippen molar-refractivity contribution in [2.45, 2.75) is 0 Å². The van der Waals surface area contributed by atoms with Crippen LogP contribution in [0.5, 0.6) is 0 Å². The predicted octanol–water partition coefficient (Wildman–Crippen LogP) is 0.479. The van der Waals surface area contributed by atoms with Crippen LogP contribution in [-0.2, 0) is 0 Å². The fourth-order valence-electron chi connectivity index (χ4n) is 1.33. The average molecular weight is 254 g/mol. The van der Waals surface area contributed by atoms with E-state index in [9.17, 15) is 19.2 Å². The van der Waals surface area contributed by atoms with Crippen molar-refractivity contribution in [1.29, 1.82) is 0 Å². The summed E-state index contributed by atoms with van der Waals surface area (Å²) in [5.41, 5.74) is -3.35. The van der Waals surface area contributed by atoms with Crippen LogP contribution in [0.4, 0.5) is 0 Å².